The molecule has 1 aliphatic heterocycles. The molecule has 1 saturated heterocycles. The van der Waals surface area contributed by atoms with Gasteiger partial charge in [-0.1, -0.05) is 17.7 Å². The fraction of sp³-hybridized carbons (Fsp3) is 0.467. The molecule has 0 saturated carbocycles. The van der Waals surface area contributed by atoms with Crippen molar-refractivity contribution >= 4 is 23.4 Å². The molecule has 1 atom stereocenters. The highest BCUT2D eigenvalue weighted by atomic mass is 35.5. The Bertz CT molecular complexity index is 552. The third-order valence-corrected chi connectivity index (χ3v) is 4.05. The monoisotopic (exact) mass is 328 g/mol. The lowest BCUT2D eigenvalue weighted by Crippen LogP contribution is -2.52. The summed E-state index contributed by atoms with van der Waals surface area (Å²) in [6.07, 6.45) is -1.14. The van der Waals surface area contributed by atoms with Gasteiger partial charge in [0.25, 0.3) is 5.91 Å². The van der Waals surface area contributed by atoms with Gasteiger partial charge in [-0.2, -0.15) is 0 Å². The van der Waals surface area contributed by atoms with Gasteiger partial charge in [-0.15, -0.1) is 0 Å². The normalized spacial score (nSPS) is 16.5. The van der Waals surface area contributed by atoms with Crippen molar-refractivity contribution in [2.24, 2.45) is 0 Å². The van der Waals surface area contributed by atoms with Gasteiger partial charge in [0.2, 0.25) is 5.91 Å². The summed E-state index contributed by atoms with van der Waals surface area (Å²) in [6.45, 7) is 2.87. The van der Waals surface area contributed by atoms with Crippen LogP contribution in [0.5, 0.6) is 0 Å². The van der Waals surface area contributed by atoms with Crippen molar-refractivity contribution in [2.45, 2.75) is 19.4 Å². The van der Waals surface area contributed by atoms with Gasteiger partial charge >= 0.3 is 0 Å². The van der Waals surface area contributed by atoms with Gasteiger partial charge in [-0.25, -0.2) is 4.39 Å². The van der Waals surface area contributed by atoms with E-state index < -0.39 is 11.9 Å². The highest BCUT2D eigenvalue weighted by Crippen LogP contribution is 2.20. The van der Waals surface area contributed by atoms with E-state index in [1.54, 1.807) is 11.0 Å². The summed E-state index contributed by atoms with van der Waals surface area (Å²) in [4.78, 5) is 27.0. The van der Waals surface area contributed by atoms with E-state index in [1.165, 1.54) is 24.0 Å². The molecule has 7 heteroatoms. The number of halogens is 2. The molecule has 1 aliphatic rings. The largest absolute Gasteiger partial charge is 0.384 e. The summed E-state index contributed by atoms with van der Waals surface area (Å²) < 4.78 is 13.7. The Balaban J connectivity index is 1.94. The minimum absolute atomic E-state index is 0.101. The highest BCUT2D eigenvalue weighted by Gasteiger charge is 2.26. The maximum atomic E-state index is 13.7. The van der Waals surface area contributed by atoms with Crippen LogP contribution >= 0.6 is 11.6 Å². The second-order valence-corrected chi connectivity index (χ2v) is 5.67. The summed E-state index contributed by atoms with van der Waals surface area (Å²) in [7, 11) is 0. The fourth-order valence-corrected chi connectivity index (χ4v) is 2.63. The minimum Gasteiger partial charge on any atom is -0.384 e. The number of aliphatic hydroxyl groups is 1. The van der Waals surface area contributed by atoms with E-state index in [-0.39, 0.29) is 28.8 Å². The zero-order valence-corrected chi connectivity index (χ0v) is 13.0. The van der Waals surface area contributed by atoms with E-state index in [2.05, 4.69) is 0 Å². The summed E-state index contributed by atoms with van der Waals surface area (Å²) in [5.74, 6) is -1.07. The lowest BCUT2D eigenvalue weighted by molar-refractivity contribution is -0.144. The number of benzene rings is 1. The van der Waals surface area contributed by atoms with Crippen molar-refractivity contribution in [1.29, 1.82) is 0 Å². The topological polar surface area (TPSA) is 60.9 Å². The van der Waals surface area contributed by atoms with E-state index >= 15 is 0 Å². The summed E-state index contributed by atoms with van der Waals surface area (Å²) in [6, 6.07) is 4.31. The molecule has 0 spiro atoms. The molecular formula is C15H18ClFN2O3. The number of carbonyl (C=O) groups is 2. The first kappa shape index (κ1) is 16.7. The molecule has 0 aromatic heterocycles. The van der Waals surface area contributed by atoms with Crippen LogP contribution in [0.3, 0.4) is 0 Å². The summed E-state index contributed by atoms with van der Waals surface area (Å²) in [5, 5.41) is 9.51. The second-order valence-electron chi connectivity index (χ2n) is 5.26. The number of carbonyl (C=O) groups excluding carboxylic acids is 2. The minimum atomic E-state index is -1.04. The first-order chi connectivity index (χ1) is 10.4. The molecule has 1 unspecified atom stereocenters. The molecule has 0 bridgehead atoms. The molecule has 0 aliphatic carbocycles. The van der Waals surface area contributed by atoms with Crippen molar-refractivity contribution in [3.8, 4) is 0 Å². The van der Waals surface area contributed by atoms with Crippen molar-refractivity contribution in [3.05, 3.63) is 34.6 Å². The maximum absolute atomic E-state index is 13.7. The Morgan fingerprint density at radius 1 is 1.27 bits per heavy atom. The van der Waals surface area contributed by atoms with Gasteiger partial charge in [-0.3, -0.25) is 9.59 Å². The van der Waals surface area contributed by atoms with Gasteiger partial charge in [0.1, 0.15) is 11.9 Å². The third-order valence-electron chi connectivity index (χ3n) is 3.69. The number of nitrogens with zero attached hydrogens (tertiary/aromatic N) is 2. The average Bonchev–Trinajstić information content (AvgIpc) is 2.50. The lowest BCUT2D eigenvalue weighted by atomic mass is 10.1. The molecule has 22 heavy (non-hydrogen) atoms. The van der Waals surface area contributed by atoms with Crippen LogP contribution in [0.1, 0.15) is 12.5 Å². The number of amides is 2. The average molecular weight is 329 g/mol. The van der Waals surface area contributed by atoms with E-state index in [0.717, 1.165) is 0 Å². The van der Waals surface area contributed by atoms with Crippen molar-refractivity contribution < 1.29 is 19.1 Å². The lowest BCUT2D eigenvalue weighted by Gasteiger charge is -2.35. The van der Waals surface area contributed by atoms with E-state index in [9.17, 15) is 19.1 Å². The maximum Gasteiger partial charge on any atom is 0.251 e. The Morgan fingerprint density at radius 3 is 2.41 bits per heavy atom. The second kappa shape index (κ2) is 7.07. The molecule has 1 N–H and O–H groups in total. The number of rotatable bonds is 3. The molecule has 5 nitrogen and oxygen atoms in total. The molecule has 1 fully saturated rings. The van der Waals surface area contributed by atoms with E-state index in [4.69, 9.17) is 11.6 Å². The van der Waals surface area contributed by atoms with Gasteiger partial charge in [0.15, 0.2) is 0 Å². The van der Waals surface area contributed by atoms with Crippen LogP contribution in [0.15, 0.2) is 18.2 Å². The Morgan fingerprint density at radius 2 is 1.86 bits per heavy atom. The van der Waals surface area contributed by atoms with Crippen LogP contribution in [0.25, 0.3) is 0 Å². The van der Waals surface area contributed by atoms with Crippen molar-refractivity contribution in [1.82, 2.24) is 9.80 Å². The van der Waals surface area contributed by atoms with Gasteiger partial charge in [0.05, 0.1) is 6.42 Å². The molecule has 2 rings (SSSR count). The molecule has 1 aromatic rings. The van der Waals surface area contributed by atoms with Crippen LogP contribution in [0.4, 0.5) is 4.39 Å². The molecule has 120 valence electrons. The fourth-order valence-electron chi connectivity index (χ4n) is 2.40. The number of hydrogen-bond acceptors (Lipinski definition) is 3. The predicted octanol–water partition coefficient (Wildman–Crippen LogP) is 1.07. The van der Waals surface area contributed by atoms with E-state index in [0.29, 0.717) is 26.2 Å². The van der Waals surface area contributed by atoms with Crippen LogP contribution in [0.2, 0.25) is 5.02 Å². The molecule has 1 heterocycles. The molecule has 2 amide bonds. The van der Waals surface area contributed by atoms with Crippen LogP contribution < -0.4 is 0 Å². The number of aliphatic hydroxyl groups excluding tert-OH is 1. The highest BCUT2D eigenvalue weighted by molar-refractivity contribution is 6.31. The summed E-state index contributed by atoms with van der Waals surface area (Å²) in [5.41, 5.74) is 0.191. The van der Waals surface area contributed by atoms with Crippen LogP contribution in [-0.2, 0) is 16.0 Å². The number of hydrogen-bond donors (Lipinski definition) is 1. The SMILES string of the molecule is CC(O)C(=O)N1CCN(C(=O)Cc2c(F)cccc2Cl)CC1. The van der Waals surface area contributed by atoms with Gasteiger partial charge in [-0.05, 0) is 19.1 Å². The quantitative estimate of drug-likeness (QED) is 0.903. The smallest absolute Gasteiger partial charge is 0.251 e. The van der Waals surface area contributed by atoms with E-state index in [1.807, 2.05) is 0 Å². The molecule has 0 radical (unpaired) electrons. The Kier molecular flexibility index (Phi) is 5.37. The first-order valence-corrected chi connectivity index (χ1v) is 7.45. The number of piperazine rings is 1. The standard InChI is InChI=1S/C15H18ClFN2O3/c1-10(20)15(22)19-7-5-18(6-8-19)14(21)9-11-12(16)3-2-4-13(11)17/h2-4,10,20H,5-9H2,1H3. The van der Waals surface area contributed by atoms with Crippen molar-refractivity contribution in [3.63, 3.8) is 0 Å². The molecular weight excluding hydrogens is 311 g/mol. The zero-order valence-electron chi connectivity index (χ0n) is 12.3. The predicted molar refractivity (Wildman–Crippen MR) is 80.0 cm³/mol. The Hall–Kier alpha value is -1.66. The van der Waals surface area contributed by atoms with Gasteiger partial charge in [0, 0.05) is 36.8 Å². The van der Waals surface area contributed by atoms with Crippen LogP contribution in [-0.4, -0.2) is 59.0 Å². The third kappa shape index (κ3) is 3.75. The zero-order chi connectivity index (χ0) is 16.3. The van der Waals surface area contributed by atoms with Gasteiger partial charge < -0.3 is 14.9 Å². The first-order valence-electron chi connectivity index (χ1n) is 7.07. The molecule has 1 aromatic carbocycles. The van der Waals surface area contributed by atoms with Crippen molar-refractivity contribution in [2.75, 3.05) is 26.2 Å². The van der Waals surface area contributed by atoms with Crippen LogP contribution in [0, 0.1) is 5.82 Å². The summed E-state index contributed by atoms with van der Waals surface area (Å²) >= 11 is 5.92. The Labute approximate surface area is 133 Å².